The van der Waals surface area contributed by atoms with Crippen LogP contribution in [0.2, 0.25) is 5.02 Å². The van der Waals surface area contributed by atoms with Crippen molar-refractivity contribution in [1.82, 2.24) is 20.1 Å². The average molecular weight is 395 g/mol. The molecule has 1 aromatic rings. The molecule has 0 atom stereocenters. The van der Waals surface area contributed by atoms with Gasteiger partial charge in [0.2, 0.25) is 5.88 Å². The van der Waals surface area contributed by atoms with E-state index in [2.05, 4.69) is 10.3 Å². The SMILES string of the molecule is CCN1CCN(C(=O)NC2CCC(Oc3ccc(Cl)cn3)CC2)C(=O)C1=O. The summed E-state index contributed by atoms with van der Waals surface area (Å²) in [5.74, 6) is -0.845. The smallest absolute Gasteiger partial charge is 0.324 e. The molecular weight excluding hydrogens is 372 g/mol. The van der Waals surface area contributed by atoms with Gasteiger partial charge in [0.15, 0.2) is 0 Å². The van der Waals surface area contributed by atoms with Crippen LogP contribution in [-0.2, 0) is 9.59 Å². The molecule has 146 valence electrons. The van der Waals surface area contributed by atoms with Crippen LogP contribution in [0.25, 0.3) is 0 Å². The molecule has 1 aliphatic carbocycles. The number of imide groups is 1. The average Bonchev–Trinajstić information content (AvgIpc) is 2.67. The van der Waals surface area contributed by atoms with Gasteiger partial charge in [-0.15, -0.1) is 0 Å². The minimum Gasteiger partial charge on any atom is -0.474 e. The number of hydrogen-bond donors (Lipinski definition) is 1. The van der Waals surface area contributed by atoms with Gasteiger partial charge >= 0.3 is 17.8 Å². The zero-order chi connectivity index (χ0) is 19.4. The number of piperazine rings is 1. The third kappa shape index (κ3) is 4.68. The zero-order valence-electron chi connectivity index (χ0n) is 15.2. The molecule has 0 bridgehead atoms. The predicted octanol–water partition coefficient (Wildman–Crippen LogP) is 1.83. The lowest BCUT2D eigenvalue weighted by atomic mass is 9.93. The van der Waals surface area contributed by atoms with Crippen molar-refractivity contribution in [3.63, 3.8) is 0 Å². The van der Waals surface area contributed by atoms with Crippen LogP contribution in [0.15, 0.2) is 18.3 Å². The maximum Gasteiger partial charge on any atom is 0.324 e. The molecule has 0 spiro atoms. The van der Waals surface area contributed by atoms with Crippen LogP contribution >= 0.6 is 11.6 Å². The highest BCUT2D eigenvalue weighted by molar-refractivity contribution is 6.38. The number of amides is 4. The van der Waals surface area contributed by atoms with E-state index in [4.69, 9.17) is 16.3 Å². The standard InChI is InChI=1S/C18H23ClN4O4/c1-2-22-9-10-23(17(25)16(22)24)18(26)21-13-4-6-14(7-5-13)27-15-8-3-12(19)11-20-15/h3,8,11,13-14H,2,4-7,9-10H2,1H3,(H,21,26). The fraction of sp³-hybridized carbons (Fsp3) is 0.556. The minimum absolute atomic E-state index is 0.0307. The molecule has 2 fully saturated rings. The monoisotopic (exact) mass is 394 g/mol. The Labute approximate surface area is 162 Å². The third-order valence-corrected chi connectivity index (χ3v) is 5.15. The van der Waals surface area contributed by atoms with Crippen LogP contribution in [0.4, 0.5) is 4.79 Å². The van der Waals surface area contributed by atoms with Gasteiger partial charge < -0.3 is 15.0 Å². The van der Waals surface area contributed by atoms with Crippen molar-refractivity contribution in [2.24, 2.45) is 0 Å². The number of rotatable bonds is 4. The molecule has 1 aliphatic heterocycles. The Balaban J connectivity index is 1.46. The van der Waals surface area contributed by atoms with E-state index >= 15 is 0 Å². The number of urea groups is 1. The highest BCUT2D eigenvalue weighted by atomic mass is 35.5. The van der Waals surface area contributed by atoms with E-state index in [-0.39, 0.29) is 18.7 Å². The maximum atomic E-state index is 12.4. The van der Waals surface area contributed by atoms with Gasteiger partial charge in [-0.05, 0) is 38.7 Å². The topological polar surface area (TPSA) is 91.8 Å². The number of carbonyl (C=O) groups excluding carboxylic acids is 3. The van der Waals surface area contributed by atoms with Crippen molar-refractivity contribution in [3.8, 4) is 5.88 Å². The number of aromatic nitrogens is 1. The van der Waals surface area contributed by atoms with E-state index in [1.54, 1.807) is 25.3 Å². The van der Waals surface area contributed by atoms with Crippen LogP contribution in [0, 0.1) is 0 Å². The van der Waals surface area contributed by atoms with Crippen LogP contribution in [0.3, 0.4) is 0 Å². The van der Waals surface area contributed by atoms with E-state index in [1.807, 2.05) is 0 Å². The van der Waals surface area contributed by atoms with Gasteiger partial charge in [-0.3, -0.25) is 14.5 Å². The molecule has 0 radical (unpaired) electrons. The van der Waals surface area contributed by atoms with Gasteiger partial charge in [0.25, 0.3) is 0 Å². The number of likely N-dealkylation sites (N-methyl/N-ethyl adjacent to an activating group) is 1. The van der Waals surface area contributed by atoms with Gasteiger partial charge in [-0.2, -0.15) is 0 Å². The number of hydrogen-bond acceptors (Lipinski definition) is 5. The van der Waals surface area contributed by atoms with Crippen molar-refractivity contribution < 1.29 is 19.1 Å². The van der Waals surface area contributed by atoms with E-state index < -0.39 is 17.8 Å². The van der Waals surface area contributed by atoms with E-state index in [0.717, 1.165) is 30.6 Å². The molecule has 1 N–H and O–H groups in total. The number of halogens is 1. The normalized spacial score (nSPS) is 23.3. The van der Waals surface area contributed by atoms with Gasteiger partial charge in [0.1, 0.15) is 6.10 Å². The fourth-order valence-electron chi connectivity index (χ4n) is 3.35. The summed E-state index contributed by atoms with van der Waals surface area (Å²) in [6.45, 7) is 2.88. The Morgan fingerprint density at radius 1 is 1.22 bits per heavy atom. The van der Waals surface area contributed by atoms with Crippen molar-refractivity contribution >= 4 is 29.4 Å². The van der Waals surface area contributed by atoms with Gasteiger partial charge in [0, 0.05) is 37.9 Å². The Hall–Kier alpha value is -2.35. The molecule has 27 heavy (non-hydrogen) atoms. The second kappa shape index (κ2) is 8.56. The summed E-state index contributed by atoms with van der Waals surface area (Å²) in [5, 5.41) is 3.43. The fourth-order valence-corrected chi connectivity index (χ4v) is 3.46. The molecule has 3 rings (SSSR count). The number of carbonyl (C=O) groups is 3. The van der Waals surface area contributed by atoms with Crippen molar-refractivity contribution in [1.29, 1.82) is 0 Å². The molecule has 1 aromatic heterocycles. The molecule has 2 aliphatic rings. The number of ether oxygens (including phenoxy) is 1. The highest BCUT2D eigenvalue weighted by Crippen LogP contribution is 2.23. The zero-order valence-corrected chi connectivity index (χ0v) is 15.9. The number of pyridine rings is 1. The van der Waals surface area contributed by atoms with E-state index in [1.165, 1.54) is 4.90 Å². The second-order valence-electron chi connectivity index (χ2n) is 6.70. The van der Waals surface area contributed by atoms with E-state index in [0.29, 0.717) is 24.0 Å². The summed E-state index contributed by atoms with van der Waals surface area (Å²) in [6, 6.07) is 2.93. The summed E-state index contributed by atoms with van der Waals surface area (Å²) in [4.78, 5) is 43.0. The molecule has 2 heterocycles. The van der Waals surface area contributed by atoms with Gasteiger partial charge in [-0.25, -0.2) is 9.78 Å². The molecular formula is C18H23ClN4O4. The summed E-state index contributed by atoms with van der Waals surface area (Å²) in [7, 11) is 0. The molecule has 8 nitrogen and oxygen atoms in total. The highest BCUT2D eigenvalue weighted by Gasteiger charge is 2.36. The molecule has 0 unspecified atom stereocenters. The molecule has 0 aromatic carbocycles. The van der Waals surface area contributed by atoms with Crippen molar-refractivity contribution in [2.45, 2.75) is 44.8 Å². The molecule has 1 saturated carbocycles. The van der Waals surface area contributed by atoms with Crippen LogP contribution in [0.5, 0.6) is 5.88 Å². The van der Waals surface area contributed by atoms with Crippen LogP contribution < -0.4 is 10.1 Å². The molecule has 1 saturated heterocycles. The Bertz CT molecular complexity index is 704. The van der Waals surface area contributed by atoms with Crippen LogP contribution in [-0.4, -0.2) is 64.4 Å². The lowest BCUT2D eigenvalue weighted by molar-refractivity contribution is -0.153. The molecule has 4 amide bonds. The largest absolute Gasteiger partial charge is 0.474 e. The first kappa shape index (κ1) is 19.4. The first-order chi connectivity index (χ1) is 13.0. The van der Waals surface area contributed by atoms with Gasteiger partial charge in [0.05, 0.1) is 5.02 Å². The van der Waals surface area contributed by atoms with E-state index in [9.17, 15) is 14.4 Å². The first-order valence-corrected chi connectivity index (χ1v) is 9.55. The molecule has 9 heteroatoms. The lowest BCUT2D eigenvalue weighted by Crippen LogP contribution is -2.59. The second-order valence-corrected chi connectivity index (χ2v) is 7.13. The van der Waals surface area contributed by atoms with Gasteiger partial charge in [-0.1, -0.05) is 11.6 Å². The lowest BCUT2D eigenvalue weighted by Gasteiger charge is -2.34. The summed E-state index contributed by atoms with van der Waals surface area (Å²) < 4.78 is 5.84. The Morgan fingerprint density at radius 2 is 1.96 bits per heavy atom. The predicted molar refractivity (Wildman–Crippen MR) is 98.4 cm³/mol. The number of nitrogens with one attached hydrogen (secondary N) is 1. The minimum atomic E-state index is -0.758. The quantitative estimate of drug-likeness (QED) is 0.786. The number of nitrogens with zero attached hydrogens (tertiary/aromatic N) is 3. The van der Waals surface area contributed by atoms with Crippen molar-refractivity contribution in [2.75, 3.05) is 19.6 Å². The van der Waals surface area contributed by atoms with Crippen LogP contribution in [0.1, 0.15) is 32.6 Å². The summed E-state index contributed by atoms with van der Waals surface area (Å²) in [5.41, 5.74) is 0. The van der Waals surface area contributed by atoms with Crippen molar-refractivity contribution in [3.05, 3.63) is 23.4 Å². The summed E-state index contributed by atoms with van der Waals surface area (Å²) in [6.07, 6.45) is 4.59. The Morgan fingerprint density at radius 3 is 2.59 bits per heavy atom. The maximum absolute atomic E-state index is 12.4. The third-order valence-electron chi connectivity index (χ3n) is 4.93. The Kier molecular flexibility index (Phi) is 6.15. The first-order valence-electron chi connectivity index (χ1n) is 9.17. The summed E-state index contributed by atoms with van der Waals surface area (Å²) >= 11 is 5.81.